The minimum atomic E-state index is -0.180. The molecule has 0 aromatic rings. The fourth-order valence-electron chi connectivity index (χ4n) is 2.07. The highest BCUT2D eigenvalue weighted by Gasteiger charge is 2.54. The lowest BCUT2D eigenvalue weighted by Gasteiger charge is -2.06. The van der Waals surface area contributed by atoms with Crippen molar-refractivity contribution in [3.8, 4) is 0 Å². The van der Waals surface area contributed by atoms with Crippen molar-refractivity contribution >= 4 is 6.09 Å². The second kappa shape index (κ2) is 2.51. The molecule has 0 aromatic carbocycles. The Balaban J connectivity index is 2.05. The van der Waals surface area contributed by atoms with E-state index in [9.17, 15) is 4.79 Å². The molecule has 1 aliphatic carbocycles. The Morgan fingerprint density at radius 3 is 3.00 bits per heavy atom. The molecule has 1 saturated heterocycles. The summed E-state index contributed by atoms with van der Waals surface area (Å²) in [6.45, 7) is 2.14. The summed E-state index contributed by atoms with van der Waals surface area (Å²) in [6.07, 6.45) is 5.13. The quantitative estimate of drug-likeness (QED) is 0.403. The predicted octanol–water partition coefficient (Wildman–Crippen LogP) is 1.40. The minimum Gasteiger partial charge on any atom is -0.453 e. The molecule has 3 nitrogen and oxygen atoms in total. The van der Waals surface area contributed by atoms with Crippen LogP contribution in [0.15, 0.2) is 12.2 Å². The maximum Gasteiger partial charge on any atom is 0.410 e. The van der Waals surface area contributed by atoms with E-state index in [4.69, 9.17) is 0 Å². The van der Waals surface area contributed by atoms with Crippen LogP contribution in [0.1, 0.15) is 13.3 Å². The van der Waals surface area contributed by atoms with Crippen LogP contribution in [0.4, 0.5) is 4.79 Å². The van der Waals surface area contributed by atoms with E-state index in [1.165, 1.54) is 7.11 Å². The van der Waals surface area contributed by atoms with Gasteiger partial charge in [0.1, 0.15) is 0 Å². The topological polar surface area (TPSA) is 29.3 Å². The van der Waals surface area contributed by atoms with Crippen molar-refractivity contribution in [3.63, 3.8) is 0 Å². The van der Waals surface area contributed by atoms with Gasteiger partial charge >= 0.3 is 6.09 Å². The monoisotopic (exact) mass is 167 g/mol. The number of hydrogen-bond acceptors (Lipinski definition) is 2. The number of ether oxygens (including phenoxy) is 1. The maximum atomic E-state index is 11.2. The molecule has 1 heterocycles. The fraction of sp³-hybridized carbons (Fsp3) is 0.667. The Morgan fingerprint density at radius 1 is 1.67 bits per heavy atom. The smallest absolute Gasteiger partial charge is 0.410 e. The molecule has 0 unspecified atom stereocenters. The Bertz CT molecular complexity index is 237. The average Bonchev–Trinajstić information content (AvgIpc) is 2.79. The summed E-state index contributed by atoms with van der Waals surface area (Å²) < 4.78 is 4.67. The van der Waals surface area contributed by atoms with Crippen molar-refractivity contribution < 1.29 is 9.53 Å². The first-order valence-electron chi connectivity index (χ1n) is 4.28. The van der Waals surface area contributed by atoms with Gasteiger partial charge in [-0.05, 0) is 12.3 Å². The first kappa shape index (κ1) is 7.65. The number of nitrogens with zero attached hydrogens (tertiary/aromatic N) is 1. The Hall–Kier alpha value is -0.990. The van der Waals surface area contributed by atoms with Gasteiger partial charge in [0.2, 0.25) is 0 Å². The van der Waals surface area contributed by atoms with E-state index < -0.39 is 0 Å². The normalized spacial score (nSPS) is 37.5. The van der Waals surface area contributed by atoms with Gasteiger partial charge in [0, 0.05) is 0 Å². The van der Waals surface area contributed by atoms with Crippen molar-refractivity contribution in [1.82, 2.24) is 4.90 Å². The molecule has 1 amide bonds. The molecule has 2 rings (SSSR count). The second-order valence-electron chi connectivity index (χ2n) is 3.46. The zero-order chi connectivity index (χ0) is 8.72. The van der Waals surface area contributed by atoms with E-state index >= 15 is 0 Å². The van der Waals surface area contributed by atoms with E-state index in [0.29, 0.717) is 18.0 Å². The average molecular weight is 167 g/mol. The lowest BCUT2D eigenvalue weighted by Crippen LogP contribution is -2.16. The molecule has 0 N–H and O–H groups in total. The SMILES string of the molecule is COC(=O)N1[C@@H]2[C@H](C)C=CC[C@@H]21. The van der Waals surface area contributed by atoms with E-state index in [1.54, 1.807) is 0 Å². The molecule has 0 spiro atoms. The van der Waals surface area contributed by atoms with Crippen LogP contribution in [-0.4, -0.2) is 30.2 Å². The van der Waals surface area contributed by atoms with Crippen LogP contribution in [-0.2, 0) is 4.74 Å². The largest absolute Gasteiger partial charge is 0.453 e. The zero-order valence-electron chi connectivity index (χ0n) is 7.36. The highest BCUT2D eigenvalue weighted by Crippen LogP contribution is 2.40. The third-order valence-corrected chi connectivity index (χ3v) is 2.72. The molecule has 2 aliphatic rings. The van der Waals surface area contributed by atoms with Crippen LogP contribution in [0, 0.1) is 5.92 Å². The molecule has 1 fully saturated rings. The van der Waals surface area contributed by atoms with Crippen LogP contribution >= 0.6 is 0 Å². The van der Waals surface area contributed by atoms with Gasteiger partial charge in [0.05, 0.1) is 19.2 Å². The van der Waals surface area contributed by atoms with Crippen molar-refractivity contribution in [2.75, 3.05) is 7.11 Å². The Morgan fingerprint density at radius 2 is 2.42 bits per heavy atom. The van der Waals surface area contributed by atoms with Gasteiger partial charge in [-0.25, -0.2) is 4.79 Å². The highest BCUT2D eigenvalue weighted by molar-refractivity contribution is 5.72. The van der Waals surface area contributed by atoms with E-state index in [2.05, 4.69) is 23.8 Å². The molecule has 1 aliphatic heterocycles. The highest BCUT2D eigenvalue weighted by atomic mass is 16.5. The van der Waals surface area contributed by atoms with Crippen LogP contribution in [0.25, 0.3) is 0 Å². The number of carbonyl (C=O) groups is 1. The molecular formula is C9H13NO2. The summed E-state index contributed by atoms with van der Waals surface area (Å²) in [4.78, 5) is 13.0. The van der Waals surface area contributed by atoms with Gasteiger partial charge in [0.25, 0.3) is 0 Å². The molecular weight excluding hydrogens is 154 g/mol. The summed E-state index contributed by atoms with van der Waals surface area (Å²) in [5, 5.41) is 0. The van der Waals surface area contributed by atoms with Crippen LogP contribution in [0.5, 0.6) is 0 Å². The number of hydrogen-bond donors (Lipinski definition) is 0. The van der Waals surface area contributed by atoms with Crippen molar-refractivity contribution in [2.45, 2.75) is 25.4 Å². The molecule has 0 aromatic heterocycles. The fourth-order valence-corrected chi connectivity index (χ4v) is 2.07. The number of amides is 1. The van der Waals surface area contributed by atoms with Gasteiger partial charge < -0.3 is 4.74 Å². The first-order chi connectivity index (χ1) is 5.75. The van der Waals surface area contributed by atoms with E-state index in [1.807, 2.05) is 4.90 Å². The third-order valence-electron chi connectivity index (χ3n) is 2.72. The summed E-state index contributed by atoms with van der Waals surface area (Å²) >= 11 is 0. The summed E-state index contributed by atoms with van der Waals surface area (Å²) in [5.41, 5.74) is 0. The molecule has 0 bridgehead atoms. The molecule has 0 saturated carbocycles. The zero-order valence-corrected chi connectivity index (χ0v) is 7.36. The molecule has 3 heteroatoms. The molecule has 0 radical (unpaired) electrons. The van der Waals surface area contributed by atoms with Crippen LogP contribution in [0.2, 0.25) is 0 Å². The third kappa shape index (κ3) is 0.924. The van der Waals surface area contributed by atoms with E-state index in [0.717, 1.165) is 6.42 Å². The summed E-state index contributed by atoms with van der Waals surface area (Å²) in [6, 6.07) is 0.819. The number of methoxy groups -OCH3 is 1. The van der Waals surface area contributed by atoms with Gasteiger partial charge in [-0.15, -0.1) is 0 Å². The van der Waals surface area contributed by atoms with Crippen LogP contribution < -0.4 is 0 Å². The van der Waals surface area contributed by atoms with Crippen molar-refractivity contribution in [3.05, 3.63) is 12.2 Å². The Kier molecular flexibility index (Phi) is 1.60. The minimum absolute atomic E-state index is 0.180. The van der Waals surface area contributed by atoms with Gasteiger partial charge in [-0.3, -0.25) is 4.90 Å². The van der Waals surface area contributed by atoms with E-state index in [-0.39, 0.29) is 6.09 Å². The molecule has 3 atom stereocenters. The number of carbonyl (C=O) groups excluding carboxylic acids is 1. The standard InChI is InChI=1S/C9H13NO2/c1-6-4-3-5-7-8(6)10(7)9(11)12-2/h3-4,6-8H,5H2,1-2H3/t6-,7+,8-,10?/m1/s1. The van der Waals surface area contributed by atoms with Crippen molar-refractivity contribution in [1.29, 1.82) is 0 Å². The predicted molar refractivity (Wildman–Crippen MR) is 44.7 cm³/mol. The number of rotatable bonds is 0. The lowest BCUT2D eigenvalue weighted by molar-refractivity contribution is 0.149. The maximum absolute atomic E-state index is 11.2. The first-order valence-corrected chi connectivity index (χ1v) is 4.28. The van der Waals surface area contributed by atoms with Gasteiger partial charge in [-0.2, -0.15) is 0 Å². The summed E-state index contributed by atoms with van der Waals surface area (Å²) in [7, 11) is 1.44. The van der Waals surface area contributed by atoms with Crippen LogP contribution in [0.3, 0.4) is 0 Å². The summed E-state index contributed by atoms with van der Waals surface area (Å²) in [5.74, 6) is 0.489. The Labute approximate surface area is 72.0 Å². The van der Waals surface area contributed by atoms with Gasteiger partial charge in [-0.1, -0.05) is 19.1 Å². The number of fused-ring (bicyclic) bond motifs is 1. The van der Waals surface area contributed by atoms with Gasteiger partial charge in [0.15, 0.2) is 0 Å². The molecule has 66 valence electrons. The molecule has 12 heavy (non-hydrogen) atoms. The lowest BCUT2D eigenvalue weighted by atomic mass is 9.98. The second-order valence-corrected chi connectivity index (χ2v) is 3.46. The van der Waals surface area contributed by atoms with Crippen molar-refractivity contribution in [2.24, 2.45) is 5.92 Å².